The molecular formula is C13H17BrClNO. The molecule has 0 aliphatic carbocycles. The number of alkyl halides is 1. The molecule has 4 heteroatoms. The minimum Gasteiger partial charge on any atom is -0.342 e. The van der Waals surface area contributed by atoms with Gasteiger partial charge in [0.05, 0.1) is 0 Å². The van der Waals surface area contributed by atoms with E-state index in [4.69, 9.17) is 11.6 Å². The number of rotatable bonds is 6. The lowest BCUT2D eigenvalue weighted by Gasteiger charge is -2.17. The smallest absolute Gasteiger partial charge is 0.253 e. The van der Waals surface area contributed by atoms with Crippen molar-refractivity contribution in [2.45, 2.75) is 19.3 Å². The number of unbranched alkanes of at least 4 members (excludes halogenated alkanes) is 2. The van der Waals surface area contributed by atoms with E-state index in [-0.39, 0.29) is 5.91 Å². The van der Waals surface area contributed by atoms with Crippen molar-refractivity contribution in [3.63, 3.8) is 0 Å². The summed E-state index contributed by atoms with van der Waals surface area (Å²) in [7, 11) is 1.83. The maximum absolute atomic E-state index is 12.0. The zero-order valence-corrected chi connectivity index (χ0v) is 12.3. The molecule has 1 aromatic rings. The van der Waals surface area contributed by atoms with E-state index in [1.165, 1.54) is 0 Å². The van der Waals surface area contributed by atoms with Crippen LogP contribution < -0.4 is 0 Å². The van der Waals surface area contributed by atoms with E-state index in [0.717, 1.165) is 31.1 Å². The third-order valence-corrected chi connectivity index (χ3v) is 3.34. The Kier molecular flexibility index (Phi) is 6.60. The normalized spacial score (nSPS) is 10.3. The highest BCUT2D eigenvalue weighted by Gasteiger charge is 2.10. The highest BCUT2D eigenvalue weighted by atomic mass is 79.9. The summed E-state index contributed by atoms with van der Waals surface area (Å²) in [6.45, 7) is 0.790. The first kappa shape index (κ1) is 14.5. The molecule has 0 spiro atoms. The first-order valence-corrected chi connectivity index (χ1v) is 7.22. The van der Waals surface area contributed by atoms with Crippen LogP contribution in [-0.4, -0.2) is 29.7 Å². The van der Waals surface area contributed by atoms with Crippen molar-refractivity contribution in [1.29, 1.82) is 0 Å². The average molecular weight is 319 g/mol. The molecule has 0 saturated carbocycles. The average Bonchev–Trinajstić information content (AvgIpc) is 2.33. The van der Waals surface area contributed by atoms with Crippen LogP contribution in [0.2, 0.25) is 5.02 Å². The van der Waals surface area contributed by atoms with Gasteiger partial charge in [-0.1, -0.05) is 40.0 Å². The van der Waals surface area contributed by atoms with E-state index in [1.54, 1.807) is 29.2 Å². The lowest BCUT2D eigenvalue weighted by Crippen LogP contribution is -2.27. The molecule has 1 rings (SSSR count). The van der Waals surface area contributed by atoms with Crippen molar-refractivity contribution in [3.05, 3.63) is 34.9 Å². The van der Waals surface area contributed by atoms with Gasteiger partial charge in [0, 0.05) is 29.5 Å². The molecule has 0 N–H and O–H groups in total. The first-order chi connectivity index (χ1) is 8.15. The predicted octanol–water partition coefficient (Wildman–Crippen LogP) is 3.98. The third kappa shape index (κ3) is 5.09. The van der Waals surface area contributed by atoms with Crippen molar-refractivity contribution in [3.8, 4) is 0 Å². The molecule has 94 valence electrons. The van der Waals surface area contributed by atoms with Crippen LogP contribution in [0.15, 0.2) is 24.3 Å². The van der Waals surface area contributed by atoms with Gasteiger partial charge in [0.2, 0.25) is 0 Å². The van der Waals surface area contributed by atoms with E-state index in [9.17, 15) is 4.79 Å². The van der Waals surface area contributed by atoms with Crippen LogP contribution in [0, 0.1) is 0 Å². The van der Waals surface area contributed by atoms with E-state index in [0.29, 0.717) is 10.6 Å². The van der Waals surface area contributed by atoms with E-state index in [1.807, 2.05) is 7.05 Å². The Labute approximate surface area is 116 Å². The Bertz CT molecular complexity index is 370. The third-order valence-electron chi connectivity index (χ3n) is 2.55. The Morgan fingerprint density at radius 3 is 2.76 bits per heavy atom. The van der Waals surface area contributed by atoms with Crippen molar-refractivity contribution in [2.75, 3.05) is 18.9 Å². The fraction of sp³-hybridized carbons (Fsp3) is 0.462. The summed E-state index contributed by atoms with van der Waals surface area (Å²) in [6.07, 6.45) is 3.33. The summed E-state index contributed by atoms with van der Waals surface area (Å²) in [6, 6.07) is 7.07. The molecule has 0 bridgehead atoms. The Hall–Kier alpha value is -0.540. The van der Waals surface area contributed by atoms with Crippen LogP contribution in [0.25, 0.3) is 0 Å². The second-order valence-electron chi connectivity index (χ2n) is 3.99. The lowest BCUT2D eigenvalue weighted by atomic mass is 10.2. The molecule has 0 heterocycles. The van der Waals surface area contributed by atoms with Gasteiger partial charge in [0.1, 0.15) is 0 Å². The number of hydrogen-bond acceptors (Lipinski definition) is 1. The van der Waals surface area contributed by atoms with E-state index < -0.39 is 0 Å². The SMILES string of the molecule is CN(CCCCCBr)C(=O)c1cccc(Cl)c1. The van der Waals surface area contributed by atoms with Gasteiger partial charge >= 0.3 is 0 Å². The molecule has 0 aliphatic heterocycles. The number of nitrogens with zero attached hydrogens (tertiary/aromatic N) is 1. The highest BCUT2D eigenvalue weighted by Crippen LogP contribution is 2.12. The molecule has 17 heavy (non-hydrogen) atoms. The van der Waals surface area contributed by atoms with Crippen LogP contribution in [0.3, 0.4) is 0 Å². The molecular weight excluding hydrogens is 302 g/mol. The zero-order chi connectivity index (χ0) is 12.7. The Morgan fingerprint density at radius 2 is 2.12 bits per heavy atom. The van der Waals surface area contributed by atoms with Crippen molar-refractivity contribution >= 4 is 33.4 Å². The summed E-state index contributed by atoms with van der Waals surface area (Å²) in [5.41, 5.74) is 0.653. The number of benzene rings is 1. The number of carbonyl (C=O) groups is 1. The summed E-state index contributed by atoms with van der Waals surface area (Å²) in [5.74, 6) is 0.0337. The van der Waals surface area contributed by atoms with Crippen LogP contribution in [0.5, 0.6) is 0 Å². The van der Waals surface area contributed by atoms with Crippen LogP contribution in [-0.2, 0) is 0 Å². The van der Waals surface area contributed by atoms with Crippen LogP contribution in [0.1, 0.15) is 29.6 Å². The molecule has 1 aromatic carbocycles. The molecule has 0 fully saturated rings. The van der Waals surface area contributed by atoms with Crippen molar-refractivity contribution in [1.82, 2.24) is 4.90 Å². The predicted molar refractivity (Wildman–Crippen MR) is 76.1 cm³/mol. The lowest BCUT2D eigenvalue weighted by molar-refractivity contribution is 0.0793. The summed E-state index contributed by atoms with van der Waals surface area (Å²) < 4.78 is 0. The maximum atomic E-state index is 12.0. The second-order valence-corrected chi connectivity index (χ2v) is 5.22. The minimum absolute atomic E-state index is 0.0337. The second kappa shape index (κ2) is 7.72. The number of amides is 1. The summed E-state index contributed by atoms with van der Waals surface area (Å²) >= 11 is 9.26. The number of carbonyl (C=O) groups excluding carboxylic acids is 1. The first-order valence-electron chi connectivity index (χ1n) is 5.72. The van der Waals surface area contributed by atoms with Crippen molar-refractivity contribution < 1.29 is 4.79 Å². The maximum Gasteiger partial charge on any atom is 0.253 e. The zero-order valence-electron chi connectivity index (χ0n) is 9.96. The Balaban J connectivity index is 2.46. The molecule has 0 atom stereocenters. The van der Waals surface area contributed by atoms with Gasteiger partial charge in [0.25, 0.3) is 5.91 Å². The van der Waals surface area contributed by atoms with Gasteiger partial charge in [-0.25, -0.2) is 0 Å². The fourth-order valence-electron chi connectivity index (χ4n) is 1.56. The number of hydrogen-bond donors (Lipinski definition) is 0. The van der Waals surface area contributed by atoms with Gasteiger partial charge in [-0.3, -0.25) is 4.79 Å². The standard InChI is InChI=1S/C13H17BrClNO/c1-16(9-4-2-3-8-14)13(17)11-6-5-7-12(15)10-11/h5-7,10H,2-4,8-9H2,1H3. The Morgan fingerprint density at radius 1 is 1.35 bits per heavy atom. The van der Waals surface area contributed by atoms with E-state index in [2.05, 4.69) is 15.9 Å². The molecule has 0 aliphatic rings. The van der Waals surface area contributed by atoms with E-state index >= 15 is 0 Å². The van der Waals surface area contributed by atoms with Crippen molar-refractivity contribution in [2.24, 2.45) is 0 Å². The largest absolute Gasteiger partial charge is 0.342 e. The fourth-order valence-corrected chi connectivity index (χ4v) is 2.15. The van der Waals surface area contributed by atoms with Crippen LogP contribution in [0.4, 0.5) is 0 Å². The van der Waals surface area contributed by atoms with Gasteiger partial charge in [0.15, 0.2) is 0 Å². The monoisotopic (exact) mass is 317 g/mol. The molecule has 2 nitrogen and oxygen atoms in total. The van der Waals surface area contributed by atoms with Crippen LogP contribution >= 0.6 is 27.5 Å². The highest BCUT2D eigenvalue weighted by molar-refractivity contribution is 9.09. The molecule has 0 radical (unpaired) electrons. The van der Waals surface area contributed by atoms with Gasteiger partial charge in [-0.05, 0) is 31.0 Å². The summed E-state index contributed by atoms with van der Waals surface area (Å²) in [5, 5.41) is 1.63. The number of halogens is 2. The quantitative estimate of drug-likeness (QED) is 0.574. The molecule has 0 unspecified atom stereocenters. The molecule has 0 aromatic heterocycles. The van der Waals surface area contributed by atoms with Gasteiger partial charge < -0.3 is 4.90 Å². The molecule has 1 amide bonds. The minimum atomic E-state index is 0.0337. The topological polar surface area (TPSA) is 20.3 Å². The molecule has 0 saturated heterocycles. The summed E-state index contributed by atoms with van der Waals surface area (Å²) in [4.78, 5) is 13.8. The van der Waals surface area contributed by atoms with Gasteiger partial charge in [-0.15, -0.1) is 0 Å². The van der Waals surface area contributed by atoms with Gasteiger partial charge in [-0.2, -0.15) is 0 Å².